The second-order valence-electron chi connectivity index (χ2n) is 4.10. The Morgan fingerprint density at radius 1 is 1.06 bits per heavy atom. The van der Waals surface area contributed by atoms with E-state index < -0.39 is 30.4 Å². The largest absolute Gasteiger partial charge is 0.416 e. The molecule has 1 unspecified atom stereocenters. The molecule has 1 aliphatic rings. The van der Waals surface area contributed by atoms with Crippen LogP contribution < -0.4 is 5.32 Å². The predicted octanol–water partition coefficient (Wildman–Crippen LogP) is 3.45. The van der Waals surface area contributed by atoms with Gasteiger partial charge >= 0.3 is 12.4 Å². The van der Waals surface area contributed by atoms with Crippen LogP contribution in [0.2, 0.25) is 0 Å². The fraction of sp³-hybridized carbons (Fsp3) is 0.455. The second-order valence-corrected chi connectivity index (χ2v) is 4.10. The molecule has 1 heterocycles. The lowest BCUT2D eigenvalue weighted by Crippen LogP contribution is -2.37. The molecule has 0 amide bonds. The minimum absolute atomic E-state index is 0.197. The van der Waals surface area contributed by atoms with Crippen LogP contribution in [0.3, 0.4) is 0 Å². The standard InChI is InChI=1S/C11H9F6N/c12-10(13,14)8-3-1-2-6-7(8)4-18-5-9(6)11(15,16)17/h1-3,9,18H,4-5H2. The fourth-order valence-electron chi connectivity index (χ4n) is 2.14. The third-order valence-electron chi connectivity index (χ3n) is 2.94. The maximum atomic E-state index is 12.7. The SMILES string of the molecule is FC(F)(F)c1cccc2c1CNCC2C(F)(F)F. The van der Waals surface area contributed by atoms with Crippen molar-refractivity contribution in [2.24, 2.45) is 0 Å². The fourth-order valence-corrected chi connectivity index (χ4v) is 2.14. The highest BCUT2D eigenvalue weighted by molar-refractivity contribution is 5.41. The van der Waals surface area contributed by atoms with Crippen LogP contribution >= 0.6 is 0 Å². The molecule has 0 aliphatic carbocycles. The van der Waals surface area contributed by atoms with Crippen LogP contribution in [0.1, 0.15) is 22.6 Å². The number of fused-ring (bicyclic) bond motifs is 1. The average molecular weight is 269 g/mol. The number of hydrogen-bond acceptors (Lipinski definition) is 1. The van der Waals surface area contributed by atoms with Crippen LogP contribution in [0.5, 0.6) is 0 Å². The molecule has 1 aromatic carbocycles. The molecule has 0 aromatic heterocycles. The summed E-state index contributed by atoms with van der Waals surface area (Å²) in [7, 11) is 0. The van der Waals surface area contributed by atoms with Gasteiger partial charge in [0.2, 0.25) is 0 Å². The summed E-state index contributed by atoms with van der Waals surface area (Å²) < 4.78 is 76.3. The minimum Gasteiger partial charge on any atom is -0.312 e. The lowest BCUT2D eigenvalue weighted by molar-refractivity contribution is -0.152. The van der Waals surface area contributed by atoms with E-state index in [1.807, 2.05) is 0 Å². The summed E-state index contributed by atoms with van der Waals surface area (Å²) in [4.78, 5) is 0. The van der Waals surface area contributed by atoms with Crippen LogP contribution in [-0.4, -0.2) is 12.7 Å². The number of alkyl halides is 6. The van der Waals surface area contributed by atoms with Crippen LogP contribution in [-0.2, 0) is 12.7 Å². The lowest BCUT2D eigenvalue weighted by atomic mass is 9.87. The number of hydrogen-bond donors (Lipinski definition) is 1. The van der Waals surface area contributed by atoms with Gasteiger partial charge in [-0.2, -0.15) is 26.3 Å². The molecule has 1 N–H and O–H groups in total. The minimum atomic E-state index is -4.64. The van der Waals surface area contributed by atoms with Crippen LogP contribution in [0, 0.1) is 0 Å². The first-order valence-corrected chi connectivity index (χ1v) is 5.17. The molecule has 0 saturated heterocycles. The van der Waals surface area contributed by atoms with Crippen molar-refractivity contribution in [2.75, 3.05) is 6.54 Å². The third kappa shape index (κ3) is 2.31. The first kappa shape index (κ1) is 13.2. The van der Waals surface area contributed by atoms with Gasteiger partial charge in [-0.15, -0.1) is 0 Å². The number of halogens is 6. The lowest BCUT2D eigenvalue weighted by Gasteiger charge is -2.30. The van der Waals surface area contributed by atoms with Crippen molar-refractivity contribution in [3.63, 3.8) is 0 Å². The Bertz CT molecular complexity index is 448. The molecule has 1 nitrogen and oxygen atoms in total. The first-order valence-electron chi connectivity index (χ1n) is 5.17. The van der Waals surface area contributed by atoms with E-state index in [4.69, 9.17) is 0 Å². The van der Waals surface area contributed by atoms with Crippen molar-refractivity contribution in [2.45, 2.75) is 24.8 Å². The van der Waals surface area contributed by atoms with Gasteiger partial charge in [-0.25, -0.2) is 0 Å². The van der Waals surface area contributed by atoms with Gasteiger partial charge in [0.05, 0.1) is 11.5 Å². The molecule has 100 valence electrons. The number of nitrogens with one attached hydrogen (secondary N) is 1. The van der Waals surface area contributed by atoms with Crippen molar-refractivity contribution < 1.29 is 26.3 Å². The molecule has 1 aromatic rings. The number of benzene rings is 1. The summed E-state index contributed by atoms with van der Waals surface area (Å²) in [6, 6.07) is 2.94. The Kier molecular flexibility index (Phi) is 3.04. The van der Waals surface area contributed by atoms with Gasteiger partial charge in [0.1, 0.15) is 0 Å². The summed E-state index contributed by atoms with van der Waals surface area (Å²) >= 11 is 0. The monoisotopic (exact) mass is 269 g/mol. The van der Waals surface area contributed by atoms with Gasteiger partial charge in [0.25, 0.3) is 0 Å². The Hall–Kier alpha value is -1.24. The number of rotatable bonds is 0. The van der Waals surface area contributed by atoms with Gasteiger partial charge in [-0.3, -0.25) is 0 Å². The van der Waals surface area contributed by atoms with Crippen molar-refractivity contribution in [1.29, 1.82) is 0 Å². The summed E-state index contributed by atoms with van der Waals surface area (Å²) in [6.07, 6.45) is -9.19. The average Bonchev–Trinajstić information content (AvgIpc) is 2.24. The molecule has 1 aliphatic heterocycles. The molecule has 7 heteroatoms. The highest BCUT2D eigenvalue weighted by Crippen LogP contribution is 2.42. The van der Waals surface area contributed by atoms with Gasteiger partial charge in [-0.05, 0) is 17.2 Å². The maximum Gasteiger partial charge on any atom is 0.416 e. The van der Waals surface area contributed by atoms with E-state index in [1.165, 1.54) is 0 Å². The van der Waals surface area contributed by atoms with E-state index in [2.05, 4.69) is 5.32 Å². The first-order chi connectivity index (χ1) is 8.21. The Morgan fingerprint density at radius 3 is 2.28 bits per heavy atom. The molecule has 18 heavy (non-hydrogen) atoms. The quantitative estimate of drug-likeness (QED) is 0.711. The van der Waals surface area contributed by atoms with Crippen molar-refractivity contribution >= 4 is 0 Å². The smallest absolute Gasteiger partial charge is 0.312 e. The van der Waals surface area contributed by atoms with Gasteiger partial charge in [0.15, 0.2) is 0 Å². The van der Waals surface area contributed by atoms with E-state index in [-0.39, 0.29) is 17.7 Å². The van der Waals surface area contributed by atoms with E-state index in [1.54, 1.807) is 0 Å². The molecule has 0 radical (unpaired) electrons. The summed E-state index contributed by atoms with van der Waals surface area (Å²) in [5.41, 5.74) is -1.59. The molecular formula is C11H9F6N. The van der Waals surface area contributed by atoms with E-state index in [9.17, 15) is 26.3 Å². The topological polar surface area (TPSA) is 12.0 Å². The molecule has 0 spiro atoms. The maximum absolute atomic E-state index is 12.7. The van der Waals surface area contributed by atoms with Crippen LogP contribution in [0.15, 0.2) is 18.2 Å². The molecule has 1 atom stereocenters. The van der Waals surface area contributed by atoms with Crippen LogP contribution in [0.25, 0.3) is 0 Å². The zero-order valence-electron chi connectivity index (χ0n) is 8.99. The van der Waals surface area contributed by atoms with E-state index in [0.29, 0.717) is 0 Å². The second kappa shape index (κ2) is 4.15. The Labute approximate surface area is 98.8 Å². The molecule has 0 fully saturated rings. The van der Waals surface area contributed by atoms with Gasteiger partial charge in [-0.1, -0.05) is 12.1 Å². The Morgan fingerprint density at radius 2 is 1.72 bits per heavy atom. The molecular weight excluding hydrogens is 260 g/mol. The van der Waals surface area contributed by atoms with Crippen molar-refractivity contribution in [3.05, 3.63) is 34.9 Å². The highest BCUT2D eigenvalue weighted by Gasteiger charge is 2.45. The molecule has 0 saturated carbocycles. The van der Waals surface area contributed by atoms with Crippen molar-refractivity contribution in [3.8, 4) is 0 Å². The van der Waals surface area contributed by atoms with Gasteiger partial charge in [0, 0.05) is 13.1 Å². The van der Waals surface area contributed by atoms with Crippen molar-refractivity contribution in [1.82, 2.24) is 5.32 Å². The van der Waals surface area contributed by atoms with E-state index in [0.717, 1.165) is 18.2 Å². The third-order valence-corrected chi connectivity index (χ3v) is 2.94. The van der Waals surface area contributed by atoms with Gasteiger partial charge < -0.3 is 5.32 Å². The normalized spacial score (nSPS) is 20.7. The van der Waals surface area contributed by atoms with E-state index >= 15 is 0 Å². The zero-order valence-corrected chi connectivity index (χ0v) is 8.99. The predicted molar refractivity (Wildman–Crippen MR) is 51.9 cm³/mol. The van der Waals surface area contributed by atoms with Crippen LogP contribution in [0.4, 0.5) is 26.3 Å². The molecule has 2 rings (SSSR count). The highest BCUT2D eigenvalue weighted by atomic mass is 19.4. The summed E-state index contributed by atoms with van der Waals surface area (Å²) in [5.74, 6) is -1.89. The summed E-state index contributed by atoms with van der Waals surface area (Å²) in [5, 5.41) is 2.39. The Balaban J connectivity index is 2.54. The summed E-state index contributed by atoms with van der Waals surface area (Å²) in [6.45, 7) is -0.588. The molecule has 0 bridgehead atoms. The zero-order chi connectivity index (χ0) is 13.6.